The predicted octanol–water partition coefficient (Wildman–Crippen LogP) is 4.38. The third kappa shape index (κ3) is 4.64. The van der Waals surface area contributed by atoms with Gasteiger partial charge in [0.15, 0.2) is 0 Å². The van der Waals surface area contributed by atoms with Gasteiger partial charge < -0.3 is 4.74 Å². The fraction of sp³-hybridized carbons (Fsp3) is 0.250. The lowest BCUT2D eigenvalue weighted by Gasteiger charge is -2.16. The number of hydrogen-bond donors (Lipinski definition) is 1. The highest BCUT2D eigenvalue weighted by atomic mass is 31.1. The zero-order chi connectivity index (χ0) is 15.1. The van der Waals surface area contributed by atoms with Gasteiger partial charge in [0.1, 0.15) is 5.75 Å². The number of hydrogen-bond acceptors (Lipinski definition) is 3. The minimum absolute atomic E-state index is 0.671. The van der Waals surface area contributed by atoms with Crippen molar-refractivity contribution in [2.24, 2.45) is 0 Å². The third-order valence-corrected chi connectivity index (χ3v) is 3.36. The summed E-state index contributed by atoms with van der Waals surface area (Å²) in [6.07, 6.45) is 0.965. The predicted molar refractivity (Wildman–Crippen MR) is 81.2 cm³/mol. The molecule has 2 unspecified atom stereocenters. The fourth-order valence-corrected chi connectivity index (χ4v) is 2.38. The van der Waals surface area contributed by atoms with Gasteiger partial charge in [-0.05, 0) is 18.1 Å². The van der Waals surface area contributed by atoms with Crippen LogP contribution in [0.3, 0.4) is 0 Å². The van der Waals surface area contributed by atoms with E-state index < -0.39 is 14.5 Å². The lowest BCUT2D eigenvalue weighted by atomic mass is 10.1. The molecule has 2 rings (SSSR count). The number of benzene rings is 2. The molecule has 0 radical (unpaired) electrons. The summed E-state index contributed by atoms with van der Waals surface area (Å²) >= 11 is 0. The van der Waals surface area contributed by atoms with Crippen molar-refractivity contribution in [1.82, 2.24) is 0 Å². The molecule has 0 spiro atoms. The topological polar surface area (TPSA) is 55.8 Å². The quantitative estimate of drug-likeness (QED) is 0.609. The van der Waals surface area contributed by atoms with Crippen LogP contribution < -0.4 is 4.74 Å². The molecule has 0 aliphatic heterocycles. The molecule has 0 aromatic heterocycles. The van der Waals surface area contributed by atoms with E-state index in [2.05, 4.69) is 6.92 Å². The zero-order valence-electron chi connectivity index (χ0n) is 11.8. The monoisotopic (exact) mass is 305 g/mol. The van der Waals surface area contributed by atoms with Crippen LogP contribution in [0.5, 0.6) is 5.75 Å². The molecule has 0 bridgehead atoms. The first-order chi connectivity index (χ1) is 10.2. The molecule has 1 N–H and O–H groups in total. The van der Waals surface area contributed by atoms with E-state index in [1.807, 2.05) is 42.5 Å². The maximum atomic E-state index is 11.0. The fourth-order valence-electron chi connectivity index (χ4n) is 2.05. The van der Waals surface area contributed by atoms with Gasteiger partial charge in [-0.2, -0.15) is 0 Å². The van der Waals surface area contributed by atoms with E-state index in [0.717, 1.165) is 18.4 Å². The maximum Gasteiger partial charge on any atom is 0.698 e. The van der Waals surface area contributed by atoms with Crippen LogP contribution in [0.2, 0.25) is 0 Å². The molecule has 21 heavy (non-hydrogen) atoms. The molecule has 5 heteroatoms. The molecule has 0 saturated heterocycles. The number of ether oxygens (including phenoxy) is 1. The Labute approximate surface area is 125 Å². The third-order valence-electron chi connectivity index (χ3n) is 2.98. The van der Waals surface area contributed by atoms with E-state index in [1.165, 1.54) is 0 Å². The zero-order valence-corrected chi connectivity index (χ0v) is 12.7. The lowest BCUT2D eigenvalue weighted by molar-refractivity contribution is 0.00137. The van der Waals surface area contributed by atoms with Crippen LogP contribution in [-0.2, 0) is 15.5 Å². The van der Waals surface area contributed by atoms with Gasteiger partial charge in [0.2, 0.25) is 0 Å². The molecule has 0 heterocycles. The van der Waals surface area contributed by atoms with Crippen LogP contribution in [0.4, 0.5) is 0 Å². The van der Waals surface area contributed by atoms with Crippen molar-refractivity contribution in [1.29, 1.82) is 0 Å². The van der Waals surface area contributed by atoms with E-state index in [0.29, 0.717) is 11.3 Å². The Hall–Kier alpha value is -1.74. The largest absolute Gasteiger partial charge is 0.698 e. The number of para-hydroxylation sites is 1. The van der Waals surface area contributed by atoms with Crippen molar-refractivity contribution in [2.75, 3.05) is 0 Å². The Morgan fingerprint density at radius 2 is 1.76 bits per heavy atom. The summed E-state index contributed by atoms with van der Waals surface area (Å²) < 4.78 is 21.9. The van der Waals surface area contributed by atoms with Gasteiger partial charge in [-0.25, -0.2) is 0 Å². The van der Waals surface area contributed by atoms with Crippen LogP contribution in [0.25, 0.3) is 0 Å². The van der Waals surface area contributed by atoms with E-state index in [-0.39, 0.29) is 0 Å². The summed E-state index contributed by atoms with van der Waals surface area (Å²) in [5, 5.41) is 0. The van der Waals surface area contributed by atoms with Crippen LogP contribution in [0, 0.1) is 0 Å². The molecule has 2 atom stereocenters. The standard InChI is InChI=1S/C16H17O4P/c1-2-8-13-9-6-7-12-15(13)19-16(20-21(17)18)14-10-4-3-5-11-14/h3-7,9-12,16H,2,8H2,1H3/p+1. The Kier molecular flexibility index (Phi) is 5.88. The second-order valence-corrected chi connectivity index (χ2v) is 5.25. The summed E-state index contributed by atoms with van der Waals surface area (Å²) in [6.45, 7) is 2.09. The highest BCUT2D eigenvalue weighted by molar-refractivity contribution is 7.32. The molecule has 110 valence electrons. The van der Waals surface area contributed by atoms with E-state index in [1.54, 1.807) is 12.1 Å². The van der Waals surface area contributed by atoms with Gasteiger partial charge in [-0.1, -0.05) is 66.4 Å². The maximum absolute atomic E-state index is 11.0. The van der Waals surface area contributed by atoms with Gasteiger partial charge in [0, 0.05) is 10.1 Å². The van der Waals surface area contributed by atoms with E-state index >= 15 is 0 Å². The highest BCUT2D eigenvalue weighted by Gasteiger charge is 2.27. The van der Waals surface area contributed by atoms with Crippen molar-refractivity contribution >= 4 is 8.25 Å². The van der Waals surface area contributed by atoms with Gasteiger partial charge >= 0.3 is 8.25 Å². The van der Waals surface area contributed by atoms with Gasteiger partial charge in [-0.15, -0.1) is 4.89 Å². The summed E-state index contributed by atoms with van der Waals surface area (Å²) in [4.78, 5) is 9.04. The number of aryl methyl sites for hydroxylation is 1. The lowest BCUT2D eigenvalue weighted by Crippen LogP contribution is -2.10. The molecule has 0 amide bonds. The van der Waals surface area contributed by atoms with Crippen molar-refractivity contribution < 1.29 is 18.7 Å². The minimum atomic E-state index is -2.75. The molecular weight excluding hydrogens is 287 g/mol. The summed E-state index contributed by atoms with van der Waals surface area (Å²) in [5.41, 5.74) is 1.75. The molecule has 0 aliphatic carbocycles. The van der Waals surface area contributed by atoms with Gasteiger partial charge in [-0.3, -0.25) is 0 Å². The van der Waals surface area contributed by atoms with Crippen LogP contribution in [0.1, 0.15) is 30.8 Å². The summed E-state index contributed by atoms with van der Waals surface area (Å²) in [5.74, 6) is 0.671. The second-order valence-electron chi connectivity index (χ2n) is 4.56. The van der Waals surface area contributed by atoms with Crippen molar-refractivity contribution in [3.8, 4) is 5.75 Å². The molecule has 4 nitrogen and oxygen atoms in total. The van der Waals surface area contributed by atoms with Crippen LogP contribution >= 0.6 is 8.25 Å². The minimum Gasteiger partial charge on any atom is -0.456 e. The smallest absolute Gasteiger partial charge is 0.456 e. The normalized spacial score (nSPS) is 12.8. The first-order valence-electron chi connectivity index (χ1n) is 6.83. The Morgan fingerprint density at radius 1 is 1.10 bits per heavy atom. The summed E-state index contributed by atoms with van der Waals surface area (Å²) in [6, 6.07) is 16.8. The molecule has 0 fully saturated rings. The second kappa shape index (κ2) is 7.89. The van der Waals surface area contributed by atoms with Gasteiger partial charge in [0.05, 0.1) is 0 Å². The average molecular weight is 305 g/mol. The molecule has 2 aromatic rings. The van der Waals surface area contributed by atoms with E-state index in [4.69, 9.17) is 14.2 Å². The van der Waals surface area contributed by atoms with Crippen molar-refractivity contribution in [3.05, 3.63) is 65.7 Å². The highest BCUT2D eigenvalue weighted by Crippen LogP contribution is 2.32. The molecule has 0 aliphatic rings. The first-order valence-corrected chi connectivity index (χ1v) is 7.96. The van der Waals surface area contributed by atoms with Crippen molar-refractivity contribution in [2.45, 2.75) is 26.1 Å². The van der Waals surface area contributed by atoms with Crippen LogP contribution in [0.15, 0.2) is 54.6 Å². The summed E-state index contributed by atoms with van der Waals surface area (Å²) in [7, 11) is -2.75. The molecular formula is C16H18O4P+. The van der Waals surface area contributed by atoms with Crippen LogP contribution in [-0.4, -0.2) is 4.89 Å². The Balaban J connectivity index is 2.25. The Morgan fingerprint density at radius 3 is 2.43 bits per heavy atom. The molecule has 0 saturated carbocycles. The SMILES string of the molecule is CCCc1ccccc1OC(O[P+](=O)O)c1ccccc1. The number of rotatable bonds is 7. The average Bonchev–Trinajstić information content (AvgIpc) is 2.49. The molecule has 2 aromatic carbocycles. The van der Waals surface area contributed by atoms with Crippen molar-refractivity contribution in [3.63, 3.8) is 0 Å². The first kappa shape index (κ1) is 15.6. The van der Waals surface area contributed by atoms with E-state index in [9.17, 15) is 4.57 Å². The Bertz CT molecular complexity index is 586. The van der Waals surface area contributed by atoms with Gasteiger partial charge in [0.25, 0.3) is 6.29 Å².